The van der Waals surface area contributed by atoms with Crippen molar-refractivity contribution < 1.29 is 27.5 Å². The van der Waals surface area contributed by atoms with E-state index in [1.807, 2.05) is 0 Å². The summed E-state index contributed by atoms with van der Waals surface area (Å²) in [5.41, 5.74) is 5.53. The minimum atomic E-state index is -4.61. The van der Waals surface area contributed by atoms with Crippen molar-refractivity contribution in [1.82, 2.24) is 9.97 Å². The summed E-state index contributed by atoms with van der Waals surface area (Å²) < 4.78 is 46.1. The van der Waals surface area contributed by atoms with Gasteiger partial charge < -0.3 is 21.1 Å². The molecule has 0 atom stereocenters. The first kappa shape index (κ1) is 26.9. The number of aromatic nitrogens is 2. The van der Waals surface area contributed by atoms with Crippen molar-refractivity contribution in [2.75, 3.05) is 17.2 Å². The van der Waals surface area contributed by atoms with Gasteiger partial charge in [0, 0.05) is 23.2 Å². The molecule has 0 radical (unpaired) electrons. The molecule has 8 nitrogen and oxygen atoms in total. The molecule has 0 saturated carbocycles. The van der Waals surface area contributed by atoms with E-state index in [9.17, 15) is 22.8 Å². The molecule has 0 saturated heterocycles. The molecule has 1 aliphatic carbocycles. The third kappa shape index (κ3) is 6.91. The van der Waals surface area contributed by atoms with Gasteiger partial charge in [-0.15, -0.1) is 0 Å². The molecule has 1 aliphatic rings. The summed E-state index contributed by atoms with van der Waals surface area (Å²) in [5, 5.41) is 4.96. The second kappa shape index (κ2) is 10.5. The fourth-order valence-electron chi connectivity index (χ4n) is 3.59. The van der Waals surface area contributed by atoms with E-state index in [-0.39, 0.29) is 41.3 Å². The summed E-state index contributed by atoms with van der Waals surface area (Å²) >= 11 is 0. The highest BCUT2D eigenvalue weighted by molar-refractivity contribution is 6.01. The molecule has 36 heavy (non-hydrogen) atoms. The van der Waals surface area contributed by atoms with Crippen LogP contribution in [-0.2, 0) is 22.1 Å². The zero-order chi connectivity index (χ0) is 26.7. The monoisotopic (exact) mass is 503 g/mol. The van der Waals surface area contributed by atoms with Crippen LogP contribution in [-0.4, -0.2) is 33.9 Å². The van der Waals surface area contributed by atoms with Crippen LogP contribution in [0, 0.1) is 6.92 Å². The molecule has 1 heterocycles. The Morgan fingerprint density at radius 2 is 1.94 bits per heavy atom. The highest BCUT2D eigenvalue weighted by Gasteiger charge is 2.34. The number of Topliss-reactive ketones (excluding diaryl/α,β-unsaturated/α-hetero) is 1. The van der Waals surface area contributed by atoms with Crippen molar-refractivity contribution in [3.63, 3.8) is 0 Å². The molecule has 0 bridgehead atoms. The molecule has 4 N–H and O–H groups in total. The predicted octanol–water partition coefficient (Wildman–Crippen LogP) is 5.00. The van der Waals surface area contributed by atoms with Crippen LogP contribution in [0.25, 0.3) is 5.57 Å². The Hall–Kier alpha value is -3.73. The second-order valence-corrected chi connectivity index (χ2v) is 9.04. The molecule has 3 rings (SSSR count). The number of ether oxygens (including phenoxy) is 1. The zero-order valence-electron chi connectivity index (χ0n) is 20.4. The van der Waals surface area contributed by atoms with E-state index in [1.165, 1.54) is 18.3 Å². The van der Waals surface area contributed by atoms with Gasteiger partial charge in [0.2, 0.25) is 5.78 Å². The van der Waals surface area contributed by atoms with Crippen LogP contribution in [0.5, 0.6) is 0 Å². The number of ketones is 1. The predicted molar refractivity (Wildman–Crippen MR) is 130 cm³/mol. The quantitative estimate of drug-likeness (QED) is 0.489. The number of allylic oxidation sites excluding steroid dienone is 4. The van der Waals surface area contributed by atoms with E-state index in [4.69, 9.17) is 10.5 Å². The molecule has 0 spiro atoms. The molecule has 0 unspecified atom stereocenters. The third-order valence-electron chi connectivity index (χ3n) is 5.17. The van der Waals surface area contributed by atoms with Crippen molar-refractivity contribution >= 4 is 28.8 Å². The Kier molecular flexibility index (Phi) is 7.83. The first-order chi connectivity index (χ1) is 16.8. The maximum Gasteiger partial charge on any atom is 0.416 e. The maximum absolute atomic E-state index is 13.6. The van der Waals surface area contributed by atoms with Crippen molar-refractivity contribution in [3.05, 3.63) is 65.0 Å². The van der Waals surface area contributed by atoms with E-state index in [2.05, 4.69) is 20.6 Å². The van der Waals surface area contributed by atoms with Gasteiger partial charge in [-0.05, 0) is 57.9 Å². The number of nitrogens with one attached hydrogen (secondary N) is 2. The van der Waals surface area contributed by atoms with E-state index >= 15 is 0 Å². The summed E-state index contributed by atoms with van der Waals surface area (Å²) in [5.74, 6) is 0.439. The second-order valence-electron chi connectivity index (χ2n) is 9.04. The van der Waals surface area contributed by atoms with E-state index < -0.39 is 23.3 Å². The lowest BCUT2D eigenvalue weighted by molar-refractivity contribution is -0.138. The lowest BCUT2D eigenvalue weighted by Gasteiger charge is -2.22. The number of halogens is 3. The number of carbonyl (C=O) groups excluding carboxylic acids is 2. The Morgan fingerprint density at radius 3 is 2.56 bits per heavy atom. The van der Waals surface area contributed by atoms with Crippen molar-refractivity contribution in [2.45, 2.75) is 52.3 Å². The number of urea groups is 1. The topological polar surface area (TPSA) is 119 Å². The number of hydrogen-bond acceptors (Lipinski definition) is 6. The van der Waals surface area contributed by atoms with Crippen LogP contribution < -0.4 is 16.4 Å². The van der Waals surface area contributed by atoms with Gasteiger partial charge in [-0.3, -0.25) is 4.79 Å². The highest BCUT2D eigenvalue weighted by atomic mass is 19.4. The average molecular weight is 504 g/mol. The summed E-state index contributed by atoms with van der Waals surface area (Å²) in [4.78, 5) is 33.0. The van der Waals surface area contributed by atoms with Gasteiger partial charge in [-0.2, -0.15) is 13.2 Å². The Balaban J connectivity index is 1.75. The van der Waals surface area contributed by atoms with Crippen LogP contribution in [0.15, 0.2) is 42.3 Å². The summed E-state index contributed by atoms with van der Waals surface area (Å²) in [7, 11) is 0. The molecule has 11 heteroatoms. The van der Waals surface area contributed by atoms with Crippen molar-refractivity contribution in [1.29, 1.82) is 0 Å². The maximum atomic E-state index is 13.6. The van der Waals surface area contributed by atoms with Gasteiger partial charge in [0.05, 0.1) is 29.7 Å². The average Bonchev–Trinajstić information content (AvgIpc) is 2.76. The van der Waals surface area contributed by atoms with Crippen molar-refractivity contribution in [2.24, 2.45) is 5.73 Å². The number of nitrogens with two attached hydrogens (primary N) is 1. The van der Waals surface area contributed by atoms with Gasteiger partial charge in [-0.25, -0.2) is 14.8 Å². The number of alkyl halides is 3. The lowest BCUT2D eigenvalue weighted by Crippen LogP contribution is -2.35. The van der Waals surface area contributed by atoms with Crippen LogP contribution in [0.4, 0.5) is 29.3 Å². The molecular formula is C25H28F3N5O3. The summed E-state index contributed by atoms with van der Waals surface area (Å²) in [6, 6.07) is 2.83. The Labute approximate surface area is 206 Å². The fraction of sp³-hybridized carbons (Fsp3) is 0.360. The van der Waals surface area contributed by atoms with Gasteiger partial charge in [-0.1, -0.05) is 12.1 Å². The van der Waals surface area contributed by atoms with Gasteiger partial charge in [0.15, 0.2) is 11.6 Å². The first-order valence-electron chi connectivity index (χ1n) is 11.3. The number of hydrogen-bond donors (Lipinski definition) is 3. The lowest BCUT2D eigenvalue weighted by atomic mass is 9.92. The number of nitrogens with zero attached hydrogens (tertiary/aromatic N) is 2. The molecule has 192 valence electrons. The highest BCUT2D eigenvalue weighted by Crippen LogP contribution is 2.35. The zero-order valence-corrected chi connectivity index (χ0v) is 20.4. The van der Waals surface area contributed by atoms with Crippen LogP contribution >= 0.6 is 0 Å². The minimum Gasteiger partial charge on any atom is -0.490 e. The Bertz CT molecular complexity index is 1230. The smallest absolute Gasteiger partial charge is 0.416 e. The third-order valence-corrected chi connectivity index (χ3v) is 5.17. The standard InChI is InChI=1S/C25H28F3N5O3/c1-5-36-21-10-15(7-9-20(21)34)22-30-13-19(14(2)31-22)33-23(35)32-17-8-6-16(12-24(3,4)29)18(11-17)25(26,27)28/h6-8,10-11,13H,5,9,12,29H2,1-4H3,(H2,32,33,35). The molecular weight excluding hydrogens is 475 g/mol. The fourth-order valence-corrected chi connectivity index (χ4v) is 3.59. The summed E-state index contributed by atoms with van der Waals surface area (Å²) in [6.45, 7) is 7.05. The molecule has 0 aliphatic heterocycles. The molecule has 0 fully saturated rings. The van der Waals surface area contributed by atoms with Gasteiger partial charge in [0.1, 0.15) is 0 Å². The van der Waals surface area contributed by atoms with E-state index in [1.54, 1.807) is 39.8 Å². The summed E-state index contributed by atoms with van der Waals surface area (Å²) in [6.07, 6.45) is 0.210. The largest absolute Gasteiger partial charge is 0.490 e. The van der Waals surface area contributed by atoms with Gasteiger partial charge in [0.25, 0.3) is 0 Å². The molecule has 1 aromatic heterocycles. The molecule has 1 aromatic carbocycles. The van der Waals surface area contributed by atoms with E-state index in [0.29, 0.717) is 23.7 Å². The van der Waals surface area contributed by atoms with Crippen LogP contribution in [0.3, 0.4) is 0 Å². The number of benzene rings is 1. The van der Waals surface area contributed by atoms with Crippen LogP contribution in [0.1, 0.15) is 49.8 Å². The Morgan fingerprint density at radius 1 is 1.22 bits per heavy atom. The minimum absolute atomic E-state index is 0.0169. The number of aryl methyl sites for hydroxylation is 1. The first-order valence-corrected chi connectivity index (χ1v) is 11.3. The van der Waals surface area contributed by atoms with Crippen LogP contribution in [0.2, 0.25) is 0 Å². The number of amides is 2. The SMILES string of the molecule is CCOC1=CC(c2ncc(NC(=O)Nc3ccc(CC(C)(C)N)c(C(F)(F)F)c3)c(C)n2)=CCC1=O. The number of carbonyl (C=O) groups is 2. The van der Waals surface area contributed by atoms with Gasteiger partial charge >= 0.3 is 12.2 Å². The van der Waals surface area contributed by atoms with Crippen molar-refractivity contribution in [3.8, 4) is 0 Å². The normalized spacial score (nSPS) is 14.2. The molecule has 2 amide bonds. The molecule has 2 aromatic rings. The number of rotatable bonds is 7. The van der Waals surface area contributed by atoms with E-state index in [0.717, 1.165) is 6.07 Å². The number of anilines is 2.